The van der Waals surface area contributed by atoms with Crippen LogP contribution in [0.5, 0.6) is 0 Å². The van der Waals surface area contributed by atoms with Crippen molar-refractivity contribution >= 4 is 15.7 Å². The molecule has 5 nitrogen and oxygen atoms in total. The van der Waals surface area contributed by atoms with Crippen LogP contribution in [0.1, 0.15) is 45.6 Å². The average molecular weight is 362 g/mol. The number of nitriles is 1. The van der Waals surface area contributed by atoms with Gasteiger partial charge in [-0.2, -0.15) is 5.26 Å². The molecule has 1 saturated heterocycles. The van der Waals surface area contributed by atoms with Gasteiger partial charge in [-0.3, -0.25) is 4.79 Å². The minimum absolute atomic E-state index is 0.00844. The molecule has 0 spiro atoms. The monoisotopic (exact) mass is 362 g/mol. The normalized spacial score (nSPS) is 16.5. The smallest absolute Gasteiger partial charge is 0.223 e. The molecule has 0 unspecified atom stereocenters. The van der Waals surface area contributed by atoms with Crippen molar-refractivity contribution in [1.29, 1.82) is 5.26 Å². The molecule has 0 saturated carbocycles. The third-order valence-corrected chi connectivity index (χ3v) is 6.43. The predicted octanol–water partition coefficient (Wildman–Crippen LogP) is 2.91. The quantitative estimate of drug-likeness (QED) is 0.825. The maximum atomic E-state index is 12.5. The van der Waals surface area contributed by atoms with Gasteiger partial charge in [0.2, 0.25) is 5.91 Å². The molecule has 25 heavy (non-hydrogen) atoms. The maximum absolute atomic E-state index is 12.5. The molecular formula is C19H26N2O3S. The second-order valence-electron chi connectivity index (χ2n) is 7.63. The van der Waals surface area contributed by atoms with E-state index in [9.17, 15) is 13.2 Å². The Bertz CT molecular complexity index is 747. The van der Waals surface area contributed by atoms with Gasteiger partial charge in [-0.25, -0.2) is 8.42 Å². The first-order valence-corrected chi connectivity index (χ1v) is 10.3. The fourth-order valence-electron chi connectivity index (χ4n) is 2.92. The highest BCUT2D eigenvalue weighted by atomic mass is 32.2. The van der Waals surface area contributed by atoms with Crippen LogP contribution in [0, 0.1) is 17.2 Å². The molecule has 6 heteroatoms. The van der Waals surface area contributed by atoms with Crippen LogP contribution in [-0.2, 0) is 20.0 Å². The van der Waals surface area contributed by atoms with Gasteiger partial charge < -0.3 is 4.90 Å². The van der Waals surface area contributed by atoms with E-state index in [4.69, 9.17) is 5.26 Å². The third kappa shape index (κ3) is 5.05. The van der Waals surface area contributed by atoms with Crippen molar-refractivity contribution in [2.45, 2.75) is 50.3 Å². The molecule has 136 valence electrons. The van der Waals surface area contributed by atoms with E-state index >= 15 is 0 Å². The number of benzene rings is 1. The van der Waals surface area contributed by atoms with Gasteiger partial charge in [0.05, 0.1) is 16.7 Å². The Morgan fingerprint density at radius 3 is 2.24 bits per heavy atom. The van der Waals surface area contributed by atoms with E-state index < -0.39 is 9.84 Å². The lowest BCUT2D eigenvalue weighted by Gasteiger charge is -2.29. The highest BCUT2D eigenvalue weighted by molar-refractivity contribution is 7.91. The lowest BCUT2D eigenvalue weighted by atomic mass is 9.87. The number of carbonyl (C=O) groups excluding carboxylic acids is 1. The zero-order valence-corrected chi connectivity index (χ0v) is 16.0. The molecule has 0 aliphatic carbocycles. The number of rotatable bonds is 4. The fraction of sp³-hybridized carbons (Fsp3) is 0.579. The Kier molecular flexibility index (Phi) is 5.89. The largest absolute Gasteiger partial charge is 0.343 e. The van der Waals surface area contributed by atoms with E-state index in [-0.39, 0.29) is 34.3 Å². The molecule has 0 aromatic heterocycles. The van der Waals surface area contributed by atoms with Gasteiger partial charge in [-0.05, 0) is 36.0 Å². The molecule has 0 N–H and O–H groups in total. The van der Waals surface area contributed by atoms with Gasteiger partial charge >= 0.3 is 0 Å². The van der Waals surface area contributed by atoms with E-state index in [1.807, 2.05) is 12.1 Å². The maximum Gasteiger partial charge on any atom is 0.223 e. The summed E-state index contributed by atoms with van der Waals surface area (Å²) in [6, 6.07) is 9.14. The van der Waals surface area contributed by atoms with Gasteiger partial charge in [0, 0.05) is 25.4 Å². The first kappa shape index (κ1) is 19.5. The van der Waals surface area contributed by atoms with Crippen molar-refractivity contribution in [3.63, 3.8) is 0 Å². The van der Waals surface area contributed by atoms with Crippen molar-refractivity contribution in [1.82, 2.24) is 4.90 Å². The number of hydrogen-bond donors (Lipinski definition) is 0. The van der Waals surface area contributed by atoms with Gasteiger partial charge in [-0.15, -0.1) is 0 Å². The summed E-state index contributed by atoms with van der Waals surface area (Å²) in [5.74, 6) is -0.320. The van der Waals surface area contributed by atoms with Crippen LogP contribution in [0.2, 0.25) is 0 Å². The van der Waals surface area contributed by atoms with E-state index in [0.29, 0.717) is 25.9 Å². The molecule has 1 aromatic rings. The summed E-state index contributed by atoms with van der Waals surface area (Å²) in [5.41, 5.74) is 1.04. The van der Waals surface area contributed by atoms with Crippen LogP contribution in [0.15, 0.2) is 29.2 Å². The van der Waals surface area contributed by atoms with Gasteiger partial charge in [-0.1, -0.05) is 32.9 Å². The molecule has 1 aromatic carbocycles. The predicted molar refractivity (Wildman–Crippen MR) is 96.7 cm³/mol. The number of nitrogens with zero attached hydrogens (tertiary/aromatic N) is 2. The number of likely N-dealkylation sites (tertiary alicyclic amines) is 1. The molecule has 0 atom stereocenters. The summed E-state index contributed by atoms with van der Waals surface area (Å²) in [4.78, 5) is 14.2. The van der Waals surface area contributed by atoms with Crippen LogP contribution in [0.4, 0.5) is 0 Å². The van der Waals surface area contributed by atoms with Gasteiger partial charge in [0.25, 0.3) is 0 Å². The highest BCUT2D eigenvalue weighted by Gasteiger charge is 2.24. The average Bonchev–Trinajstić information content (AvgIpc) is 2.59. The third-order valence-electron chi connectivity index (χ3n) is 4.69. The molecule has 0 radical (unpaired) electrons. The first-order valence-electron chi connectivity index (χ1n) is 8.64. The first-order chi connectivity index (χ1) is 11.6. The summed E-state index contributed by atoms with van der Waals surface area (Å²) in [5, 5.41) is 8.89. The summed E-state index contributed by atoms with van der Waals surface area (Å²) in [6.07, 6.45) is 1.33. The number of piperidine rings is 1. The Morgan fingerprint density at radius 2 is 1.76 bits per heavy atom. The number of hydrogen-bond acceptors (Lipinski definition) is 4. The Labute approximate surface area is 150 Å². The van der Waals surface area contributed by atoms with Crippen molar-refractivity contribution < 1.29 is 13.2 Å². The summed E-state index contributed by atoms with van der Waals surface area (Å²) >= 11 is 0. The van der Waals surface area contributed by atoms with Gasteiger partial charge in [0.1, 0.15) is 0 Å². The SMILES string of the molecule is CC(C)(C)c1ccc(S(=O)(=O)CCC(=O)N2CCC(C#N)CC2)cc1. The molecule has 2 rings (SSSR count). The van der Waals surface area contributed by atoms with Crippen molar-refractivity contribution in [2.75, 3.05) is 18.8 Å². The molecular weight excluding hydrogens is 336 g/mol. The Hall–Kier alpha value is -1.87. The molecule has 1 fully saturated rings. The summed E-state index contributed by atoms with van der Waals surface area (Å²) < 4.78 is 24.9. The Morgan fingerprint density at radius 1 is 1.20 bits per heavy atom. The van der Waals surface area contributed by atoms with Crippen molar-refractivity contribution in [3.05, 3.63) is 29.8 Å². The van der Waals surface area contributed by atoms with Crippen LogP contribution >= 0.6 is 0 Å². The highest BCUT2D eigenvalue weighted by Crippen LogP contribution is 2.24. The zero-order valence-electron chi connectivity index (χ0n) is 15.2. The number of carbonyl (C=O) groups is 1. The zero-order chi connectivity index (χ0) is 18.7. The molecule has 0 bridgehead atoms. The fourth-order valence-corrected chi connectivity index (χ4v) is 4.15. The van der Waals surface area contributed by atoms with E-state index in [1.54, 1.807) is 17.0 Å². The minimum atomic E-state index is -3.47. The van der Waals surface area contributed by atoms with Crippen molar-refractivity contribution in [3.8, 4) is 6.07 Å². The van der Waals surface area contributed by atoms with E-state index in [2.05, 4.69) is 26.8 Å². The standard InChI is InChI=1S/C19H26N2O3S/c1-19(2,3)16-4-6-17(7-5-16)25(23,24)13-10-18(22)21-11-8-15(14-20)9-12-21/h4-7,15H,8-13H2,1-3H3. The van der Waals surface area contributed by atoms with Gasteiger partial charge in [0.15, 0.2) is 9.84 Å². The molecule has 1 aliphatic rings. The van der Waals surface area contributed by atoms with Crippen LogP contribution in [-0.4, -0.2) is 38.1 Å². The topological polar surface area (TPSA) is 78.2 Å². The van der Waals surface area contributed by atoms with Crippen molar-refractivity contribution in [2.24, 2.45) is 5.92 Å². The number of sulfone groups is 1. The number of amides is 1. The Balaban J connectivity index is 1.95. The van der Waals surface area contributed by atoms with Crippen LogP contribution in [0.3, 0.4) is 0 Å². The summed E-state index contributed by atoms with van der Waals surface area (Å²) in [7, 11) is -3.47. The van der Waals surface area contributed by atoms with E-state index in [0.717, 1.165) is 5.56 Å². The van der Waals surface area contributed by atoms with E-state index in [1.165, 1.54) is 0 Å². The molecule has 1 aliphatic heterocycles. The van der Waals surface area contributed by atoms with Crippen LogP contribution in [0.25, 0.3) is 0 Å². The molecule has 1 heterocycles. The minimum Gasteiger partial charge on any atom is -0.343 e. The molecule has 1 amide bonds. The van der Waals surface area contributed by atoms with Crippen LogP contribution < -0.4 is 0 Å². The second kappa shape index (κ2) is 7.57. The second-order valence-corrected chi connectivity index (χ2v) is 9.74. The summed E-state index contributed by atoms with van der Waals surface area (Å²) in [6.45, 7) is 7.30. The lowest BCUT2D eigenvalue weighted by molar-refractivity contribution is -0.131. The lowest BCUT2D eigenvalue weighted by Crippen LogP contribution is -2.38.